The largest absolute Gasteiger partial charge is 0.324 e. The molecule has 1 aliphatic rings. The number of benzene rings is 3. The van der Waals surface area contributed by atoms with Crippen LogP contribution in [0.1, 0.15) is 11.1 Å². The number of rotatable bonds is 4. The molecule has 0 saturated heterocycles. The summed E-state index contributed by atoms with van der Waals surface area (Å²) in [6.07, 6.45) is 0. The molecule has 6 nitrogen and oxygen atoms in total. The Hall–Kier alpha value is -2.97. The van der Waals surface area contributed by atoms with E-state index in [0.717, 1.165) is 14.5 Å². The molecule has 0 radical (unpaired) electrons. The summed E-state index contributed by atoms with van der Waals surface area (Å²) in [5.74, 6) is -0.480. The van der Waals surface area contributed by atoms with Crippen LogP contribution in [0, 0.1) is 0 Å². The van der Waals surface area contributed by atoms with Crippen LogP contribution in [0.25, 0.3) is 0 Å². The fourth-order valence-electron chi connectivity index (χ4n) is 3.01. The molecular formula is C21H16BrN3O3S. The lowest BCUT2D eigenvalue weighted by Crippen LogP contribution is -2.38. The van der Waals surface area contributed by atoms with Gasteiger partial charge in [0.1, 0.15) is 12.3 Å². The Morgan fingerprint density at radius 1 is 0.931 bits per heavy atom. The number of sulfonamides is 1. The minimum atomic E-state index is -3.94. The molecule has 0 atom stereocenters. The smallest absolute Gasteiger partial charge is 0.280 e. The van der Waals surface area contributed by atoms with Crippen LogP contribution in [-0.2, 0) is 14.8 Å². The van der Waals surface area contributed by atoms with Crippen LogP contribution >= 0.6 is 15.9 Å². The van der Waals surface area contributed by atoms with Crippen molar-refractivity contribution < 1.29 is 13.2 Å². The molecule has 0 bridgehead atoms. The quantitative estimate of drug-likeness (QED) is 0.630. The number of carbonyl (C=O) groups excluding carboxylic acids is 1. The van der Waals surface area contributed by atoms with Crippen LogP contribution in [0.3, 0.4) is 0 Å². The third-order valence-electron chi connectivity index (χ3n) is 4.36. The van der Waals surface area contributed by atoms with E-state index in [0.29, 0.717) is 17.0 Å². The molecule has 29 heavy (non-hydrogen) atoms. The van der Waals surface area contributed by atoms with Gasteiger partial charge in [0.15, 0.2) is 0 Å². The Balaban J connectivity index is 1.68. The maximum atomic E-state index is 13.0. The third-order valence-corrected chi connectivity index (χ3v) is 6.57. The van der Waals surface area contributed by atoms with E-state index in [1.165, 1.54) is 6.07 Å². The normalized spacial score (nSPS) is 14.7. The SMILES string of the molecule is O=C(CN1N=C(c2ccccc2)c2ccccc2S1(=O)=O)Nc1ccc(Br)cc1. The van der Waals surface area contributed by atoms with Crippen molar-refractivity contribution in [2.24, 2.45) is 5.10 Å². The number of hydrogen-bond donors (Lipinski definition) is 1. The highest BCUT2D eigenvalue weighted by Gasteiger charge is 2.34. The lowest BCUT2D eigenvalue weighted by atomic mass is 10.0. The van der Waals surface area contributed by atoms with Gasteiger partial charge in [0, 0.05) is 21.3 Å². The molecule has 0 aromatic heterocycles. The molecule has 1 amide bonds. The van der Waals surface area contributed by atoms with Crippen LogP contribution in [-0.4, -0.2) is 31.0 Å². The predicted molar refractivity (Wildman–Crippen MR) is 115 cm³/mol. The number of hydrogen-bond acceptors (Lipinski definition) is 4. The molecule has 1 N–H and O–H groups in total. The molecule has 1 heterocycles. The van der Waals surface area contributed by atoms with Gasteiger partial charge < -0.3 is 5.32 Å². The summed E-state index contributed by atoms with van der Waals surface area (Å²) in [5.41, 5.74) is 2.36. The molecule has 146 valence electrons. The van der Waals surface area contributed by atoms with Crippen molar-refractivity contribution >= 4 is 43.3 Å². The van der Waals surface area contributed by atoms with Crippen LogP contribution < -0.4 is 5.32 Å². The van der Waals surface area contributed by atoms with E-state index in [2.05, 4.69) is 26.3 Å². The number of amides is 1. The summed E-state index contributed by atoms with van der Waals surface area (Å²) in [5, 5.41) is 7.03. The molecule has 0 unspecified atom stereocenters. The second kappa shape index (κ2) is 7.81. The maximum Gasteiger partial charge on any atom is 0.280 e. The van der Waals surface area contributed by atoms with Gasteiger partial charge in [-0.15, -0.1) is 0 Å². The predicted octanol–water partition coefficient (Wildman–Crippen LogP) is 3.84. The summed E-state index contributed by atoms with van der Waals surface area (Å²) in [7, 11) is -3.94. The zero-order valence-corrected chi connectivity index (χ0v) is 17.5. The molecule has 0 fully saturated rings. The summed E-state index contributed by atoms with van der Waals surface area (Å²) >= 11 is 3.33. The zero-order valence-electron chi connectivity index (χ0n) is 15.1. The van der Waals surface area contributed by atoms with Gasteiger partial charge in [-0.3, -0.25) is 4.79 Å². The van der Waals surface area contributed by atoms with Gasteiger partial charge >= 0.3 is 0 Å². The van der Waals surface area contributed by atoms with Crippen LogP contribution in [0.2, 0.25) is 0 Å². The number of hydrazone groups is 1. The average molecular weight is 470 g/mol. The van der Waals surface area contributed by atoms with Gasteiger partial charge in [0.2, 0.25) is 5.91 Å². The van der Waals surface area contributed by atoms with E-state index in [1.54, 1.807) is 42.5 Å². The van der Waals surface area contributed by atoms with Crippen molar-refractivity contribution in [1.82, 2.24) is 4.41 Å². The lowest BCUT2D eigenvalue weighted by molar-refractivity contribution is -0.116. The Morgan fingerprint density at radius 3 is 2.31 bits per heavy atom. The van der Waals surface area contributed by atoms with E-state index in [4.69, 9.17) is 0 Å². The minimum absolute atomic E-state index is 0.130. The highest BCUT2D eigenvalue weighted by Crippen LogP contribution is 2.28. The molecule has 0 spiro atoms. The fraction of sp³-hybridized carbons (Fsp3) is 0.0476. The molecule has 0 saturated carbocycles. The first kappa shape index (κ1) is 19.4. The van der Waals surface area contributed by atoms with Crippen molar-refractivity contribution in [2.75, 3.05) is 11.9 Å². The van der Waals surface area contributed by atoms with Crippen molar-refractivity contribution in [2.45, 2.75) is 4.90 Å². The first-order valence-corrected chi connectivity index (χ1v) is 11.0. The summed E-state index contributed by atoms with van der Waals surface area (Å²) in [6.45, 7) is -0.428. The van der Waals surface area contributed by atoms with Crippen molar-refractivity contribution in [3.05, 3.63) is 94.5 Å². The highest BCUT2D eigenvalue weighted by atomic mass is 79.9. The molecule has 8 heteroatoms. The van der Waals surface area contributed by atoms with Gasteiger partial charge in [-0.1, -0.05) is 64.5 Å². The molecule has 4 rings (SSSR count). The second-order valence-corrected chi connectivity index (χ2v) is 9.08. The monoisotopic (exact) mass is 469 g/mol. The highest BCUT2D eigenvalue weighted by molar-refractivity contribution is 9.10. The van der Waals surface area contributed by atoms with Gasteiger partial charge in [-0.2, -0.15) is 17.9 Å². The first-order chi connectivity index (χ1) is 13.9. The van der Waals surface area contributed by atoms with E-state index in [-0.39, 0.29) is 4.90 Å². The van der Waals surface area contributed by atoms with E-state index < -0.39 is 22.5 Å². The average Bonchev–Trinajstić information content (AvgIpc) is 2.73. The molecular weight excluding hydrogens is 454 g/mol. The van der Waals surface area contributed by atoms with Gasteiger partial charge in [0.25, 0.3) is 10.0 Å². The topological polar surface area (TPSA) is 78.8 Å². The van der Waals surface area contributed by atoms with Gasteiger partial charge in [-0.25, -0.2) is 0 Å². The van der Waals surface area contributed by atoms with E-state index in [9.17, 15) is 13.2 Å². The van der Waals surface area contributed by atoms with Crippen LogP contribution in [0.5, 0.6) is 0 Å². The summed E-state index contributed by atoms with van der Waals surface area (Å²) < 4.78 is 27.8. The molecule has 0 aliphatic carbocycles. The molecule has 3 aromatic carbocycles. The fourth-order valence-corrected chi connectivity index (χ4v) is 4.67. The lowest BCUT2D eigenvalue weighted by Gasteiger charge is -2.26. The number of nitrogens with one attached hydrogen (secondary N) is 1. The number of fused-ring (bicyclic) bond motifs is 1. The van der Waals surface area contributed by atoms with Crippen LogP contribution in [0.4, 0.5) is 5.69 Å². The Morgan fingerprint density at radius 2 is 1.59 bits per heavy atom. The molecule has 3 aromatic rings. The van der Waals surface area contributed by atoms with Crippen molar-refractivity contribution in [3.63, 3.8) is 0 Å². The van der Waals surface area contributed by atoms with E-state index in [1.807, 2.05) is 30.3 Å². The second-order valence-electron chi connectivity index (χ2n) is 6.35. The maximum absolute atomic E-state index is 13.0. The van der Waals surface area contributed by atoms with Crippen LogP contribution in [0.15, 0.2) is 93.3 Å². The van der Waals surface area contributed by atoms with Gasteiger partial charge in [0.05, 0.1) is 4.90 Å². The summed E-state index contributed by atoms with van der Waals surface area (Å²) in [6, 6.07) is 23.0. The Bertz CT molecular complexity index is 1190. The number of anilines is 1. The zero-order chi connectivity index (χ0) is 20.4. The standard InChI is InChI=1S/C21H16BrN3O3S/c22-16-10-12-17(13-11-16)23-20(26)14-25-24-21(15-6-2-1-3-7-15)18-8-4-5-9-19(18)29(25,27)28/h1-13H,14H2,(H,23,26). The summed E-state index contributed by atoms with van der Waals surface area (Å²) in [4.78, 5) is 12.6. The number of halogens is 1. The Labute approximate surface area is 177 Å². The third kappa shape index (κ3) is 3.94. The Kier molecular flexibility index (Phi) is 5.21. The van der Waals surface area contributed by atoms with E-state index >= 15 is 0 Å². The minimum Gasteiger partial charge on any atom is -0.324 e. The number of carbonyl (C=O) groups is 1. The van der Waals surface area contributed by atoms with Crippen molar-refractivity contribution in [1.29, 1.82) is 0 Å². The first-order valence-electron chi connectivity index (χ1n) is 8.77. The number of nitrogens with zero attached hydrogens (tertiary/aromatic N) is 2. The molecule has 1 aliphatic heterocycles. The van der Waals surface area contributed by atoms with Crippen molar-refractivity contribution in [3.8, 4) is 0 Å². The van der Waals surface area contributed by atoms with Gasteiger partial charge in [-0.05, 0) is 30.3 Å².